The first-order valence-electron chi connectivity index (χ1n) is 17.8. The molecule has 0 unspecified atom stereocenters. The van der Waals surface area contributed by atoms with Crippen LogP contribution in [0.1, 0.15) is 13.8 Å². The standard InChI is InChI=1S/C24H24O2P.C24H23O2P.BrH.Na.2H2O/c2*1-20(24(25)26-2)18-19-27(21-12-6-3-7-13-21,22-14-8-4-9-15-22)23-16-10-5-11-17-23;;;;/h3-18H,19H2,1-2H3;3-19H,1-2H3;1H;;2*1H2/q+1;;;+1;;/p-2/b2*20-18+;;;;. The fourth-order valence-corrected chi connectivity index (χ4v) is 14.4. The van der Waals surface area contributed by atoms with Crippen molar-refractivity contribution in [2.45, 2.75) is 13.8 Å². The van der Waals surface area contributed by atoms with Gasteiger partial charge in [-0.05, 0) is 79.1 Å². The minimum absolute atomic E-state index is 0. The maximum atomic E-state index is 12.0. The average molecular weight is 888 g/mol. The molecule has 6 aromatic carbocycles. The molecule has 0 heterocycles. The Morgan fingerprint density at radius 2 is 0.793 bits per heavy atom. The van der Waals surface area contributed by atoms with Gasteiger partial charge in [0.25, 0.3) is 0 Å². The number of hydrogen-bond acceptors (Lipinski definition) is 5. The van der Waals surface area contributed by atoms with E-state index < -0.39 is 14.1 Å². The topological polar surface area (TPSA) is 114 Å². The summed E-state index contributed by atoms with van der Waals surface area (Å²) in [4.78, 5) is 23.9. The fraction of sp³-hybridized carbons (Fsp3) is 0.104. The van der Waals surface area contributed by atoms with Crippen molar-refractivity contribution in [1.82, 2.24) is 0 Å². The molecule has 0 fully saturated rings. The molecule has 3 N–H and O–H groups in total. The van der Waals surface area contributed by atoms with Crippen LogP contribution in [0.2, 0.25) is 0 Å². The van der Waals surface area contributed by atoms with E-state index >= 15 is 0 Å². The summed E-state index contributed by atoms with van der Waals surface area (Å²) < 4.78 is 9.78. The molecule has 58 heavy (non-hydrogen) atoms. The van der Waals surface area contributed by atoms with E-state index in [9.17, 15) is 9.59 Å². The van der Waals surface area contributed by atoms with Crippen LogP contribution in [-0.2, 0) is 19.1 Å². The van der Waals surface area contributed by atoms with E-state index in [0.29, 0.717) is 11.1 Å². The average Bonchev–Trinajstić information content (AvgIpc) is 3.26. The van der Waals surface area contributed by atoms with E-state index in [1.807, 2.05) is 55.5 Å². The van der Waals surface area contributed by atoms with E-state index in [1.165, 1.54) is 46.0 Å². The van der Waals surface area contributed by atoms with E-state index in [2.05, 4.69) is 151 Å². The Morgan fingerprint density at radius 1 is 0.517 bits per heavy atom. The van der Waals surface area contributed by atoms with Crippen LogP contribution < -0.4 is 78.4 Å². The van der Waals surface area contributed by atoms with Crippen LogP contribution in [0.15, 0.2) is 205 Å². The second-order valence-electron chi connectivity index (χ2n) is 12.6. The second-order valence-corrected chi connectivity index (χ2v) is 19.4. The van der Waals surface area contributed by atoms with E-state index in [1.54, 1.807) is 6.92 Å². The van der Waals surface area contributed by atoms with Gasteiger partial charge in [-0.2, -0.15) is 0 Å². The summed E-state index contributed by atoms with van der Waals surface area (Å²) >= 11 is 0. The number of esters is 2. The minimum atomic E-state index is -2.07. The Bertz CT molecular complexity index is 2020. The van der Waals surface area contributed by atoms with E-state index in [-0.39, 0.29) is 69.4 Å². The van der Waals surface area contributed by atoms with Gasteiger partial charge in [0.15, 0.2) is 0 Å². The zero-order valence-electron chi connectivity index (χ0n) is 33.6. The number of hydrogen-bond donors (Lipinski definition) is 0. The predicted octanol–water partition coefficient (Wildman–Crippen LogP) is 1.01. The van der Waals surface area contributed by atoms with Crippen LogP contribution in [-0.4, -0.2) is 49.1 Å². The first-order chi connectivity index (χ1) is 26.4. The summed E-state index contributed by atoms with van der Waals surface area (Å²) in [7, 11) is 0.893. The fourth-order valence-electron chi connectivity index (χ4n) is 6.48. The first-order valence-corrected chi connectivity index (χ1v) is 21.7. The predicted molar refractivity (Wildman–Crippen MR) is 238 cm³/mol. The van der Waals surface area contributed by atoms with Crippen molar-refractivity contribution >= 4 is 63.7 Å². The Morgan fingerprint density at radius 3 is 1.09 bits per heavy atom. The number of ether oxygens (including phenoxy) is 2. The maximum absolute atomic E-state index is 12.0. The van der Waals surface area contributed by atoms with Gasteiger partial charge in [-0.3, -0.25) is 0 Å². The summed E-state index contributed by atoms with van der Waals surface area (Å²) in [5.74, 6) is 1.63. The monoisotopic (exact) mass is 886 g/mol. The van der Waals surface area contributed by atoms with Crippen molar-refractivity contribution in [3.8, 4) is 0 Å². The number of rotatable bonds is 11. The molecule has 0 aromatic heterocycles. The van der Waals surface area contributed by atoms with Crippen LogP contribution in [0.25, 0.3) is 0 Å². The number of benzene rings is 6. The van der Waals surface area contributed by atoms with Gasteiger partial charge in [0.05, 0.1) is 20.4 Å². The number of methoxy groups -OCH3 is 2. The summed E-state index contributed by atoms with van der Waals surface area (Å²) in [6.45, 7) is 1.54. The molecule has 296 valence electrons. The maximum Gasteiger partial charge on any atom is 1.00 e. The number of halogens is 1. The molecule has 0 amide bonds. The van der Waals surface area contributed by atoms with Crippen LogP contribution in [0.4, 0.5) is 0 Å². The van der Waals surface area contributed by atoms with Gasteiger partial charge in [-0.1, -0.05) is 157 Å². The normalized spacial score (nSPS) is 11.0. The quantitative estimate of drug-likeness (QED) is 0.0836. The zero-order valence-corrected chi connectivity index (χ0v) is 39.0. The Kier molecular flexibility index (Phi) is 23.3. The molecule has 6 nitrogen and oxygen atoms in total. The van der Waals surface area contributed by atoms with Crippen molar-refractivity contribution in [3.63, 3.8) is 0 Å². The molecule has 0 saturated heterocycles. The molecule has 0 bridgehead atoms. The van der Waals surface area contributed by atoms with Gasteiger partial charge in [-0.15, -0.1) is 0 Å². The van der Waals surface area contributed by atoms with Crippen molar-refractivity contribution in [1.29, 1.82) is 0 Å². The van der Waals surface area contributed by atoms with Crippen molar-refractivity contribution in [2.75, 3.05) is 20.4 Å². The van der Waals surface area contributed by atoms with Crippen molar-refractivity contribution in [2.24, 2.45) is 0 Å². The molecule has 0 radical (unpaired) electrons. The van der Waals surface area contributed by atoms with Gasteiger partial charge >= 0.3 is 41.5 Å². The number of carbonyl (C=O) groups excluding carboxylic acids is 2. The second kappa shape index (κ2) is 26.1. The largest absolute Gasteiger partial charge is 1.00 e. The molecule has 6 rings (SSSR count). The molecule has 6 aromatic rings. The van der Waals surface area contributed by atoms with Gasteiger partial charge < -0.3 is 37.4 Å². The van der Waals surface area contributed by atoms with Gasteiger partial charge in [0, 0.05) is 11.1 Å². The molecule has 0 saturated carbocycles. The molecule has 0 spiro atoms. The third kappa shape index (κ3) is 12.4. The van der Waals surface area contributed by atoms with Gasteiger partial charge in [-0.25, -0.2) is 9.59 Å². The van der Waals surface area contributed by atoms with E-state index in [0.717, 1.165) is 6.16 Å². The number of allylic oxidation sites excluding steroid dienone is 2. The molecular weight excluding hydrogens is 837 g/mol. The van der Waals surface area contributed by atoms with E-state index in [4.69, 9.17) is 9.47 Å². The van der Waals surface area contributed by atoms with Crippen LogP contribution in [0.3, 0.4) is 0 Å². The minimum Gasteiger partial charge on any atom is -1.00 e. The molecule has 0 aliphatic rings. The van der Waals surface area contributed by atoms with Crippen molar-refractivity contribution in [3.05, 3.63) is 205 Å². The molecule has 0 atom stereocenters. The summed E-state index contributed by atoms with van der Waals surface area (Å²) in [5.41, 5.74) is 1.23. The van der Waals surface area contributed by atoms with Crippen molar-refractivity contribution < 1.29 is 76.6 Å². The van der Waals surface area contributed by atoms with Crippen LogP contribution in [0.5, 0.6) is 0 Å². The SMILES string of the molecule is COC(=O)/C(C)=C/C=P(c1ccccc1)(c1ccccc1)c1ccccc1.COC(=O)/C(C)=C/C[P+](c1ccccc1)(c1ccccc1)c1ccccc1.O.[Br-].[Na+].[OH-]. The molecule has 0 aliphatic heterocycles. The third-order valence-corrected chi connectivity index (χ3v) is 17.5. The third-order valence-electron chi connectivity index (χ3n) is 9.32. The molecular formula is C48H50BrNaO6P2. The zero-order chi connectivity index (χ0) is 38.2. The first kappa shape index (κ1) is 51.9. The summed E-state index contributed by atoms with van der Waals surface area (Å²) in [6, 6.07) is 63.4. The molecule has 0 aliphatic carbocycles. The van der Waals surface area contributed by atoms with Gasteiger partial charge in [0.2, 0.25) is 0 Å². The summed E-state index contributed by atoms with van der Waals surface area (Å²) in [5, 5.41) is 7.65. The molecule has 10 heteroatoms. The Balaban J connectivity index is 0.000000543. The van der Waals surface area contributed by atoms with Crippen LogP contribution >= 0.6 is 14.1 Å². The smallest absolute Gasteiger partial charge is 1.00 e. The van der Waals surface area contributed by atoms with Crippen LogP contribution in [0, 0.1) is 0 Å². The number of carbonyl (C=O) groups is 2. The van der Waals surface area contributed by atoms with Gasteiger partial charge in [0.1, 0.15) is 23.2 Å². The summed E-state index contributed by atoms with van der Waals surface area (Å²) in [6.07, 6.45) is 4.71. The Hall–Kier alpha value is -4.13. The Labute approximate surface area is 377 Å².